The molecule has 0 radical (unpaired) electrons. The van der Waals surface area contributed by atoms with Crippen molar-refractivity contribution in [2.45, 2.75) is 13.3 Å². The number of rotatable bonds is 4. The lowest BCUT2D eigenvalue weighted by Crippen LogP contribution is -2.14. The molecule has 2 aromatic rings. The van der Waals surface area contributed by atoms with Crippen LogP contribution in [0.4, 0.5) is 5.69 Å². The van der Waals surface area contributed by atoms with E-state index in [0.29, 0.717) is 26.4 Å². The summed E-state index contributed by atoms with van der Waals surface area (Å²) >= 11 is 12.7. The molecule has 1 aromatic carbocycles. The molecule has 0 atom stereocenters. The second-order valence-corrected chi connectivity index (χ2v) is 6.17. The predicted octanol–water partition coefficient (Wildman–Crippen LogP) is 3.64. The maximum atomic E-state index is 11.9. The summed E-state index contributed by atoms with van der Waals surface area (Å²) in [7, 11) is 0. The Labute approximate surface area is 134 Å². The molecule has 1 heterocycles. The zero-order chi connectivity index (χ0) is 15.6. The van der Waals surface area contributed by atoms with Gasteiger partial charge in [0.2, 0.25) is 5.91 Å². The third kappa shape index (κ3) is 4.17. The normalized spacial score (nSPS) is 10.4. The summed E-state index contributed by atoms with van der Waals surface area (Å²) < 4.78 is 0. The van der Waals surface area contributed by atoms with E-state index in [0.717, 1.165) is 11.3 Å². The van der Waals surface area contributed by atoms with Crippen molar-refractivity contribution in [1.82, 2.24) is 4.98 Å². The van der Waals surface area contributed by atoms with Crippen molar-refractivity contribution in [1.29, 1.82) is 0 Å². The standard InChI is InChI=1S/C13H10Cl2N2O3S/c1-6-12(13(19)20)21-11(16-6)5-10(18)17-9-3-7(14)2-8(15)4-9/h2-4H,5H2,1H3,(H,17,18)(H,19,20). The number of anilines is 1. The first kappa shape index (κ1) is 15.8. The van der Waals surface area contributed by atoms with Crippen molar-refractivity contribution >= 4 is 52.1 Å². The number of nitrogens with zero attached hydrogens (tertiary/aromatic N) is 1. The van der Waals surface area contributed by atoms with E-state index in [4.69, 9.17) is 28.3 Å². The molecule has 21 heavy (non-hydrogen) atoms. The molecule has 110 valence electrons. The predicted molar refractivity (Wildman–Crippen MR) is 82.6 cm³/mol. The number of aromatic nitrogens is 1. The Morgan fingerprint density at radius 3 is 2.43 bits per heavy atom. The van der Waals surface area contributed by atoms with Crippen LogP contribution >= 0.6 is 34.5 Å². The summed E-state index contributed by atoms with van der Waals surface area (Å²) in [6.45, 7) is 1.60. The number of halogens is 2. The Morgan fingerprint density at radius 1 is 1.29 bits per heavy atom. The van der Waals surface area contributed by atoms with Gasteiger partial charge in [0.05, 0.1) is 12.1 Å². The summed E-state index contributed by atoms with van der Waals surface area (Å²) in [5.74, 6) is -1.36. The molecule has 0 spiro atoms. The second-order valence-electron chi connectivity index (χ2n) is 4.21. The third-order valence-corrected chi connectivity index (χ3v) is 4.08. The number of carboxylic acids is 1. The first-order valence-corrected chi connectivity index (χ1v) is 7.38. The summed E-state index contributed by atoms with van der Waals surface area (Å²) in [5.41, 5.74) is 0.880. The average molecular weight is 345 g/mol. The zero-order valence-corrected chi connectivity index (χ0v) is 13.1. The fourth-order valence-corrected chi connectivity index (χ4v) is 3.12. The average Bonchev–Trinajstić information content (AvgIpc) is 2.68. The number of thiazole rings is 1. The van der Waals surface area contributed by atoms with Crippen molar-refractivity contribution in [3.8, 4) is 0 Å². The van der Waals surface area contributed by atoms with Crippen molar-refractivity contribution in [3.63, 3.8) is 0 Å². The van der Waals surface area contributed by atoms with Crippen LogP contribution in [-0.2, 0) is 11.2 Å². The number of hydrogen-bond donors (Lipinski definition) is 2. The first-order chi connectivity index (χ1) is 9.85. The Morgan fingerprint density at radius 2 is 1.90 bits per heavy atom. The first-order valence-electron chi connectivity index (χ1n) is 5.80. The number of hydrogen-bond acceptors (Lipinski definition) is 4. The summed E-state index contributed by atoms with van der Waals surface area (Å²) in [5, 5.41) is 12.9. The topological polar surface area (TPSA) is 79.3 Å². The van der Waals surface area contributed by atoms with Gasteiger partial charge in [-0.05, 0) is 25.1 Å². The van der Waals surface area contributed by atoms with Crippen LogP contribution in [0.5, 0.6) is 0 Å². The molecule has 5 nitrogen and oxygen atoms in total. The van der Waals surface area contributed by atoms with Gasteiger partial charge in [-0.25, -0.2) is 9.78 Å². The molecule has 0 fully saturated rings. The fourth-order valence-electron chi connectivity index (χ4n) is 1.69. The number of carboxylic acid groups (broad SMARTS) is 1. The minimum absolute atomic E-state index is 0.0110. The van der Waals surface area contributed by atoms with Crippen molar-refractivity contribution in [2.75, 3.05) is 5.32 Å². The Hall–Kier alpha value is -1.63. The minimum Gasteiger partial charge on any atom is -0.477 e. The summed E-state index contributed by atoms with van der Waals surface area (Å²) in [6.07, 6.45) is -0.0110. The van der Waals surface area contributed by atoms with Gasteiger partial charge in [-0.15, -0.1) is 11.3 Å². The minimum atomic E-state index is -1.04. The zero-order valence-electron chi connectivity index (χ0n) is 10.8. The van der Waals surface area contributed by atoms with E-state index in [2.05, 4.69) is 10.3 Å². The van der Waals surface area contributed by atoms with Crippen LogP contribution in [0, 0.1) is 6.92 Å². The van der Waals surface area contributed by atoms with Crippen LogP contribution in [0.25, 0.3) is 0 Å². The van der Waals surface area contributed by atoms with Crippen LogP contribution < -0.4 is 5.32 Å². The maximum Gasteiger partial charge on any atom is 0.347 e. The van der Waals surface area contributed by atoms with Crippen LogP contribution in [0.2, 0.25) is 10.0 Å². The monoisotopic (exact) mass is 344 g/mol. The fraction of sp³-hybridized carbons (Fsp3) is 0.154. The van der Waals surface area contributed by atoms with E-state index >= 15 is 0 Å². The van der Waals surface area contributed by atoms with Gasteiger partial charge in [-0.3, -0.25) is 4.79 Å². The van der Waals surface area contributed by atoms with Crippen molar-refractivity contribution < 1.29 is 14.7 Å². The summed E-state index contributed by atoms with van der Waals surface area (Å²) in [4.78, 5) is 27.1. The van der Waals surface area contributed by atoms with E-state index in [-0.39, 0.29) is 17.2 Å². The maximum absolute atomic E-state index is 11.9. The van der Waals surface area contributed by atoms with Gasteiger partial charge in [0.15, 0.2) is 0 Å². The molecule has 8 heteroatoms. The van der Waals surface area contributed by atoms with E-state index < -0.39 is 5.97 Å². The van der Waals surface area contributed by atoms with Crippen LogP contribution in [0.3, 0.4) is 0 Å². The molecule has 1 aromatic heterocycles. The Balaban J connectivity index is 2.08. The van der Waals surface area contributed by atoms with E-state index in [1.165, 1.54) is 0 Å². The largest absolute Gasteiger partial charge is 0.477 e. The highest BCUT2D eigenvalue weighted by molar-refractivity contribution is 7.13. The van der Waals surface area contributed by atoms with E-state index in [1.54, 1.807) is 25.1 Å². The van der Waals surface area contributed by atoms with Gasteiger partial charge in [0, 0.05) is 15.7 Å². The number of benzene rings is 1. The van der Waals surface area contributed by atoms with Gasteiger partial charge in [-0.1, -0.05) is 23.2 Å². The van der Waals surface area contributed by atoms with Gasteiger partial charge in [0.25, 0.3) is 0 Å². The van der Waals surface area contributed by atoms with Crippen LogP contribution in [0.15, 0.2) is 18.2 Å². The molecule has 0 aliphatic rings. The highest BCUT2D eigenvalue weighted by Gasteiger charge is 2.16. The molecular weight excluding hydrogens is 335 g/mol. The molecule has 0 unspecified atom stereocenters. The highest BCUT2D eigenvalue weighted by Crippen LogP contribution is 2.23. The number of amides is 1. The molecular formula is C13H10Cl2N2O3S. The molecule has 0 bridgehead atoms. The number of aromatic carboxylic acids is 1. The van der Waals surface area contributed by atoms with Crippen molar-refractivity contribution in [2.24, 2.45) is 0 Å². The third-order valence-electron chi connectivity index (χ3n) is 2.49. The van der Waals surface area contributed by atoms with Crippen molar-refractivity contribution in [3.05, 3.63) is 43.8 Å². The molecule has 0 saturated carbocycles. The molecule has 0 aliphatic carbocycles. The van der Waals surface area contributed by atoms with Gasteiger partial charge in [-0.2, -0.15) is 0 Å². The molecule has 2 rings (SSSR count). The van der Waals surface area contributed by atoms with Gasteiger partial charge < -0.3 is 10.4 Å². The lowest BCUT2D eigenvalue weighted by molar-refractivity contribution is -0.115. The Kier molecular flexibility index (Phi) is 4.82. The number of carbonyl (C=O) groups is 2. The van der Waals surface area contributed by atoms with Gasteiger partial charge in [0.1, 0.15) is 9.88 Å². The number of nitrogens with one attached hydrogen (secondary N) is 1. The lowest BCUT2D eigenvalue weighted by Gasteiger charge is -2.05. The number of carbonyl (C=O) groups excluding carboxylic acids is 1. The smallest absolute Gasteiger partial charge is 0.347 e. The molecule has 2 N–H and O–H groups in total. The van der Waals surface area contributed by atoms with E-state index in [9.17, 15) is 9.59 Å². The second kappa shape index (κ2) is 6.43. The quantitative estimate of drug-likeness (QED) is 0.887. The van der Waals surface area contributed by atoms with Crippen LogP contribution in [0.1, 0.15) is 20.4 Å². The van der Waals surface area contributed by atoms with Crippen LogP contribution in [-0.4, -0.2) is 22.0 Å². The molecule has 1 amide bonds. The number of aryl methyl sites for hydroxylation is 1. The SMILES string of the molecule is Cc1nc(CC(=O)Nc2cc(Cl)cc(Cl)c2)sc1C(=O)O. The Bertz CT molecular complexity index is 695. The lowest BCUT2D eigenvalue weighted by atomic mass is 10.3. The van der Waals surface area contributed by atoms with E-state index in [1.807, 2.05) is 0 Å². The molecule has 0 saturated heterocycles. The summed E-state index contributed by atoms with van der Waals surface area (Å²) in [6, 6.07) is 4.70. The molecule has 0 aliphatic heterocycles. The highest BCUT2D eigenvalue weighted by atomic mass is 35.5. The van der Waals surface area contributed by atoms with Gasteiger partial charge >= 0.3 is 5.97 Å².